The van der Waals surface area contributed by atoms with E-state index >= 15 is 0 Å². The first kappa shape index (κ1) is 14.1. The fourth-order valence-electron chi connectivity index (χ4n) is 2.82. The van der Waals surface area contributed by atoms with Crippen molar-refractivity contribution in [1.29, 1.82) is 0 Å². The molecular weight excluding hydrogens is 234 g/mol. The number of aryl methyl sites for hydroxylation is 3. The molecule has 1 unspecified atom stereocenters. The molecule has 0 spiro atoms. The van der Waals surface area contributed by atoms with Gasteiger partial charge in [-0.1, -0.05) is 26.8 Å². The van der Waals surface area contributed by atoms with E-state index in [0.717, 1.165) is 11.3 Å². The Morgan fingerprint density at radius 3 is 2.21 bits per heavy atom. The molecule has 0 aliphatic heterocycles. The van der Waals surface area contributed by atoms with E-state index in [1.54, 1.807) is 0 Å². The van der Waals surface area contributed by atoms with Gasteiger partial charge in [0.05, 0.1) is 6.04 Å². The van der Waals surface area contributed by atoms with Gasteiger partial charge in [0.1, 0.15) is 11.3 Å². The van der Waals surface area contributed by atoms with Crippen LogP contribution in [0.3, 0.4) is 0 Å². The molecule has 1 aromatic heterocycles. The molecule has 0 aliphatic rings. The van der Waals surface area contributed by atoms with Gasteiger partial charge in [-0.25, -0.2) is 0 Å². The van der Waals surface area contributed by atoms with Crippen molar-refractivity contribution in [3.05, 3.63) is 34.6 Å². The maximum absolute atomic E-state index is 6.18. The van der Waals surface area contributed by atoms with E-state index in [1.165, 1.54) is 22.1 Å². The number of fused-ring (bicyclic) bond motifs is 1. The van der Waals surface area contributed by atoms with Crippen molar-refractivity contribution in [2.45, 2.75) is 47.6 Å². The van der Waals surface area contributed by atoms with Crippen LogP contribution in [0, 0.1) is 26.2 Å². The first-order valence-electron chi connectivity index (χ1n) is 6.93. The molecule has 0 saturated carbocycles. The van der Waals surface area contributed by atoms with Crippen molar-refractivity contribution >= 4 is 11.0 Å². The minimum absolute atomic E-state index is 0.124. The second kappa shape index (κ2) is 4.68. The summed E-state index contributed by atoms with van der Waals surface area (Å²) >= 11 is 0. The summed E-state index contributed by atoms with van der Waals surface area (Å²) in [5.74, 6) is 1.03. The summed E-state index contributed by atoms with van der Waals surface area (Å²) in [7, 11) is 1.99. The summed E-state index contributed by atoms with van der Waals surface area (Å²) in [6, 6.07) is 4.66. The minimum atomic E-state index is 0.124. The molecule has 2 aromatic rings. The lowest BCUT2D eigenvalue weighted by molar-refractivity contribution is 0.253. The Morgan fingerprint density at radius 1 is 1.05 bits per heavy atom. The fourth-order valence-corrected chi connectivity index (χ4v) is 2.82. The van der Waals surface area contributed by atoms with Crippen molar-refractivity contribution in [2.24, 2.45) is 5.41 Å². The van der Waals surface area contributed by atoms with Gasteiger partial charge in [0.15, 0.2) is 0 Å². The van der Waals surface area contributed by atoms with Crippen LogP contribution in [-0.2, 0) is 0 Å². The van der Waals surface area contributed by atoms with E-state index in [9.17, 15) is 0 Å². The molecule has 0 radical (unpaired) electrons. The van der Waals surface area contributed by atoms with Gasteiger partial charge in [-0.05, 0) is 56.0 Å². The quantitative estimate of drug-likeness (QED) is 0.848. The summed E-state index contributed by atoms with van der Waals surface area (Å²) in [5, 5.41) is 4.62. The minimum Gasteiger partial charge on any atom is -0.459 e. The maximum atomic E-state index is 6.18. The van der Waals surface area contributed by atoms with Crippen molar-refractivity contribution in [3.8, 4) is 0 Å². The lowest BCUT2D eigenvalue weighted by Gasteiger charge is -2.28. The molecule has 2 rings (SSSR count). The van der Waals surface area contributed by atoms with Gasteiger partial charge in [-0.3, -0.25) is 0 Å². The molecule has 1 atom stereocenters. The summed E-state index contributed by atoms with van der Waals surface area (Å²) in [6.45, 7) is 13.1. The van der Waals surface area contributed by atoms with Crippen LogP contribution in [0.25, 0.3) is 11.0 Å². The zero-order chi connectivity index (χ0) is 14.4. The Hall–Kier alpha value is -1.28. The van der Waals surface area contributed by atoms with E-state index in [4.69, 9.17) is 4.42 Å². The third-order valence-electron chi connectivity index (χ3n) is 3.98. The largest absolute Gasteiger partial charge is 0.459 e. The molecule has 1 heterocycles. The van der Waals surface area contributed by atoms with Crippen LogP contribution in [0.1, 0.15) is 49.3 Å². The number of benzene rings is 1. The first-order chi connectivity index (χ1) is 8.75. The van der Waals surface area contributed by atoms with Crippen molar-refractivity contribution in [3.63, 3.8) is 0 Å². The van der Waals surface area contributed by atoms with E-state index in [0.29, 0.717) is 0 Å². The van der Waals surface area contributed by atoms with E-state index in [1.807, 2.05) is 7.05 Å². The molecule has 0 amide bonds. The highest BCUT2D eigenvalue weighted by Gasteiger charge is 2.28. The lowest BCUT2D eigenvalue weighted by Crippen LogP contribution is -2.29. The Kier molecular flexibility index (Phi) is 3.48. The van der Waals surface area contributed by atoms with E-state index in [-0.39, 0.29) is 11.5 Å². The molecule has 0 aliphatic carbocycles. The molecular formula is C17H25NO. The normalized spacial score (nSPS) is 14.1. The molecule has 1 aromatic carbocycles. The van der Waals surface area contributed by atoms with Crippen LogP contribution >= 0.6 is 0 Å². The molecule has 19 heavy (non-hydrogen) atoms. The van der Waals surface area contributed by atoms with Gasteiger partial charge in [0.25, 0.3) is 0 Å². The third-order valence-corrected chi connectivity index (χ3v) is 3.98. The lowest BCUT2D eigenvalue weighted by atomic mass is 9.85. The number of hydrogen-bond acceptors (Lipinski definition) is 2. The monoisotopic (exact) mass is 259 g/mol. The van der Waals surface area contributed by atoms with Crippen LogP contribution in [0.15, 0.2) is 16.5 Å². The van der Waals surface area contributed by atoms with E-state index < -0.39 is 0 Å². The second-order valence-corrected chi connectivity index (χ2v) is 6.61. The van der Waals surface area contributed by atoms with Crippen LogP contribution in [0.5, 0.6) is 0 Å². The van der Waals surface area contributed by atoms with Crippen LogP contribution in [0.2, 0.25) is 0 Å². The standard InChI is InChI=1S/C17H25NO/c1-10-8-11(2)13-9-14(19-15(13)12(10)3)16(18-7)17(4,5)6/h8-9,16,18H,1-7H3. The Bertz CT molecular complexity index is 602. The summed E-state index contributed by atoms with van der Waals surface area (Å²) in [5.41, 5.74) is 4.99. The number of furan rings is 1. The molecule has 2 nitrogen and oxygen atoms in total. The highest BCUT2D eigenvalue weighted by molar-refractivity contribution is 5.85. The highest BCUT2D eigenvalue weighted by Crippen LogP contribution is 2.37. The Balaban J connectivity index is 2.65. The number of rotatable bonds is 2. The van der Waals surface area contributed by atoms with Crippen LogP contribution in [0.4, 0.5) is 0 Å². The molecule has 0 fully saturated rings. The molecule has 0 saturated heterocycles. The second-order valence-electron chi connectivity index (χ2n) is 6.61. The van der Waals surface area contributed by atoms with Crippen LogP contribution < -0.4 is 5.32 Å². The van der Waals surface area contributed by atoms with Crippen molar-refractivity contribution in [1.82, 2.24) is 5.32 Å². The van der Waals surface area contributed by atoms with Crippen molar-refractivity contribution in [2.75, 3.05) is 7.05 Å². The Labute approximate surface area is 116 Å². The van der Waals surface area contributed by atoms with Crippen molar-refractivity contribution < 1.29 is 4.42 Å². The SMILES string of the molecule is CNC(c1cc2c(C)cc(C)c(C)c2o1)C(C)(C)C. The number of hydrogen-bond donors (Lipinski definition) is 1. The van der Waals surface area contributed by atoms with Gasteiger partial charge in [0, 0.05) is 5.39 Å². The molecule has 0 bridgehead atoms. The smallest absolute Gasteiger partial charge is 0.137 e. The van der Waals surface area contributed by atoms with Gasteiger partial charge < -0.3 is 9.73 Å². The predicted molar refractivity (Wildman–Crippen MR) is 81.7 cm³/mol. The summed E-state index contributed by atoms with van der Waals surface area (Å²) < 4.78 is 6.18. The summed E-state index contributed by atoms with van der Waals surface area (Å²) in [6.07, 6.45) is 0. The molecule has 2 heteroatoms. The molecule has 104 valence electrons. The van der Waals surface area contributed by atoms with Gasteiger partial charge in [0.2, 0.25) is 0 Å². The van der Waals surface area contributed by atoms with Gasteiger partial charge >= 0.3 is 0 Å². The van der Waals surface area contributed by atoms with Gasteiger partial charge in [-0.15, -0.1) is 0 Å². The first-order valence-corrected chi connectivity index (χ1v) is 6.93. The maximum Gasteiger partial charge on any atom is 0.137 e. The van der Waals surface area contributed by atoms with Gasteiger partial charge in [-0.2, -0.15) is 0 Å². The average Bonchev–Trinajstić information content (AvgIpc) is 2.70. The zero-order valence-corrected chi connectivity index (χ0v) is 13.1. The zero-order valence-electron chi connectivity index (χ0n) is 13.1. The van der Waals surface area contributed by atoms with Crippen LogP contribution in [-0.4, -0.2) is 7.05 Å². The fraction of sp³-hybridized carbons (Fsp3) is 0.529. The third kappa shape index (κ3) is 2.42. The molecule has 1 N–H and O–H groups in total. The average molecular weight is 259 g/mol. The Morgan fingerprint density at radius 2 is 1.68 bits per heavy atom. The highest BCUT2D eigenvalue weighted by atomic mass is 16.3. The topological polar surface area (TPSA) is 25.2 Å². The van der Waals surface area contributed by atoms with E-state index in [2.05, 4.69) is 59.0 Å². The number of nitrogens with one attached hydrogen (secondary N) is 1. The predicted octanol–water partition coefficient (Wildman–Crippen LogP) is 4.66. The summed E-state index contributed by atoms with van der Waals surface area (Å²) in [4.78, 5) is 0.